The van der Waals surface area contributed by atoms with Crippen molar-refractivity contribution in [3.63, 3.8) is 0 Å². The second kappa shape index (κ2) is 6.53. The highest BCUT2D eigenvalue weighted by molar-refractivity contribution is 5.84. The summed E-state index contributed by atoms with van der Waals surface area (Å²) < 4.78 is 5.38. The normalized spacial score (nSPS) is 27.8. The summed E-state index contributed by atoms with van der Waals surface area (Å²) >= 11 is 0. The number of rotatable bonds is 6. The summed E-state index contributed by atoms with van der Waals surface area (Å²) in [4.78, 5) is 14.6. The molecule has 1 fully saturated rings. The minimum Gasteiger partial charge on any atom is -0.379 e. The lowest BCUT2D eigenvalue weighted by Crippen LogP contribution is -2.53. The zero-order valence-electron chi connectivity index (χ0n) is 12.2. The van der Waals surface area contributed by atoms with Crippen LogP contribution in [-0.2, 0) is 9.53 Å². The van der Waals surface area contributed by atoms with Crippen LogP contribution >= 0.6 is 0 Å². The van der Waals surface area contributed by atoms with Gasteiger partial charge in [0.25, 0.3) is 0 Å². The SMILES string of the molecule is CCCCCN(C(=O)C1(C)COCC1N)C(C)C. The van der Waals surface area contributed by atoms with E-state index in [1.807, 2.05) is 11.8 Å². The van der Waals surface area contributed by atoms with Crippen molar-refractivity contribution in [2.24, 2.45) is 11.1 Å². The summed E-state index contributed by atoms with van der Waals surface area (Å²) in [5.74, 6) is 0.151. The van der Waals surface area contributed by atoms with E-state index in [1.54, 1.807) is 0 Å². The summed E-state index contributed by atoms with van der Waals surface area (Å²) in [6.45, 7) is 9.99. The molecule has 1 heterocycles. The van der Waals surface area contributed by atoms with Gasteiger partial charge >= 0.3 is 0 Å². The molecule has 1 amide bonds. The Balaban J connectivity index is 2.70. The summed E-state index contributed by atoms with van der Waals surface area (Å²) in [7, 11) is 0. The highest BCUT2D eigenvalue weighted by atomic mass is 16.5. The van der Waals surface area contributed by atoms with E-state index in [0.717, 1.165) is 19.4 Å². The molecule has 4 heteroatoms. The van der Waals surface area contributed by atoms with Crippen LogP contribution in [0.4, 0.5) is 0 Å². The molecule has 2 atom stereocenters. The van der Waals surface area contributed by atoms with E-state index in [9.17, 15) is 4.79 Å². The fourth-order valence-corrected chi connectivity index (χ4v) is 2.36. The molecule has 0 aromatic heterocycles. The Bertz CT molecular complexity index is 281. The van der Waals surface area contributed by atoms with Gasteiger partial charge in [-0.2, -0.15) is 0 Å². The van der Waals surface area contributed by atoms with Gasteiger partial charge in [0.1, 0.15) is 0 Å². The molecule has 1 aliphatic rings. The van der Waals surface area contributed by atoms with Crippen LogP contribution in [0.2, 0.25) is 0 Å². The smallest absolute Gasteiger partial charge is 0.232 e. The first-order valence-electron chi connectivity index (χ1n) is 7.08. The minimum absolute atomic E-state index is 0.151. The van der Waals surface area contributed by atoms with Crippen LogP contribution in [0.3, 0.4) is 0 Å². The molecule has 4 nitrogen and oxygen atoms in total. The van der Waals surface area contributed by atoms with Crippen molar-refractivity contribution in [1.29, 1.82) is 0 Å². The number of carbonyl (C=O) groups excluding carboxylic acids is 1. The summed E-state index contributed by atoms with van der Waals surface area (Å²) in [6, 6.07) is 0.0383. The van der Waals surface area contributed by atoms with Gasteiger partial charge in [-0.05, 0) is 27.2 Å². The number of nitrogens with two attached hydrogens (primary N) is 1. The van der Waals surface area contributed by atoms with Crippen molar-refractivity contribution in [1.82, 2.24) is 4.90 Å². The van der Waals surface area contributed by atoms with Crippen molar-refractivity contribution < 1.29 is 9.53 Å². The molecule has 0 aliphatic carbocycles. The van der Waals surface area contributed by atoms with Crippen LogP contribution in [0.1, 0.15) is 47.0 Å². The second-order valence-corrected chi connectivity index (χ2v) is 5.84. The van der Waals surface area contributed by atoms with Crippen molar-refractivity contribution >= 4 is 5.91 Å². The fourth-order valence-electron chi connectivity index (χ4n) is 2.36. The molecule has 0 bridgehead atoms. The number of carbonyl (C=O) groups is 1. The van der Waals surface area contributed by atoms with Gasteiger partial charge in [0.05, 0.1) is 18.6 Å². The molecule has 1 rings (SSSR count). The first-order valence-corrected chi connectivity index (χ1v) is 7.08. The Morgan fingerprint density at radius 2 is 2.17 bits per heavy atom. The third-order valence-corrected chi connectivity index (χ3v) is 3.89. The Hall–Kier alpha value is -0.610. The van der Waals surface area contributed by atoms with Gasteiger partial charge in [0.2, 0.25) is 5.91 Å². The van der Waals surface area contributed by atoms with Gasteiger partial charge in [-0.15, -0.1) is 0 Å². The Labute approximate surface area is 111 Å². The Kier molecular flexibility index (Phi) is 5.60. The topological polar surface area (TPSA) is 55.6 Å². The molecule has 106 valence electrons. The second-order valence-electron chi connectivity index (χ2n) is 5.84. The largest absolute Gasteiger partial charge is 0.379 e. The maximum absolute atomic E-state index is 12.7. The van der Waals surface area contributed by atoms with E-state index < -0.39 is 5.41 Å². The van der Waals surface area contributed by atoms with Crippen LogP contribution in [0.5, 0.6) is 0 Å². The van der Waals surface area contributed by atoms with Crippen LogP contribution < -0.4 is 5.73 Å². The minimum atomic E-state index is -0.545. The number of hydrogen-bond donors (Lipinski definition) is 1. The van der Waals surface area contributed by atoms with Gasteiger partial charge in [-0.3, -0.25) is 4.79 Å². The van der Waals surface area contributed by atoms with Crippen LogP contribution in [0, 0.1) is 5.41 Å². The summed E-state index contributed by atoms with van der Waals surface area (Å²) in [5.41, 5.74) is 5.49. The maximum Gasteiger partial charge on any atom is 0.232 e. The number of hydrogen-bond acceptors (Lipinski definition) is 3. The van der Waals surface area contributed by atoms with Gasteiger partial charge in [-0.1, -0.05) is 19.8 Å². The Morgan fingerprint density at radius 1 is 1.50 bits per heavy atom. The van der Waals surface area contributed by atoms with E-state index >= 15 is 0 Å². The lowest BCUT2D eigenvalue weighted by molar-refractivity contribution is -0.143. The third kappa shape index (κ3) is 3.23. The fraction of sp³-hybridized carbons (Fsp3) is 0.929. The number of amides is 1. The number of nitrogens with zero attached hydrogens (tertiary/aromatic N) is 1. The number of unbranched alkanes of at least 4 members (excludes halogenated alkanes) is 2. The van der Waals surface area contributed by atoms with E-state index in [2.05, 4.69) is 20.8 Å². The van der Waals surface area contributed by atoms with Crippen LogP contribution in [-0.4, -0.2) is 42.6 Å². The highest BCUT2D eigenvalue weighted by Gasteiger charge is 2.46. The summed E-state index contributed by atoms with van der Waals surface area (Å²) in [5, 5.41) is 0. The number of ether oxygens (including phenoxy) is 1. The highest BCUT2D eigenvalue weighted by Crippen LogP contribution is 2.30. The molecule has 0 aromatic carbocycles. The predicted molar refractivity (Wildman–Crippen MR) is 73.3 cm³/mol. The quantitative estimate of drug-likeness (QED) is 0.737. The maximum atomic E-state index is 12.7. The van der Waals surface area contributed by atoms with E-state index in [-0.39, 0.29) is 18.0 Å². The van der Waals surface area contributed by atoms with E-state index in [1.165, 1.54) is 6.42 Å². The first-order chi connectivity index (χ1) is 8.43. The standard InChI is InChI=1S/C14H28N2O2/c1-5-6-7-8-16(11(2)3)13(17)14(4)10-18-9-12(14)15/h11-12H,5-10,15H2,1-4H3. The zero-order valence-corrected chi connectivity index (χ0v) is 12.2. The molecule has 18 heavy (non-hydrogen) atoms. The van der Waals surface area contributed by atoms with Gasteiger partial charge in [-0.25, -0.2) is 0 Å². The predicted octanol–water partition coefficient (Wildman–Crippen LogP) is 1.78. The average molecular weight is 256 g/mol. The van der Waals surface area contributed by atoms with E-state index in [4.69, 9.17) is 10.5 Å². The van der Waals surface area contributed by atoms with Crippen molar-refractivity contribution in [2.45, 2.75) is 59.0 Å². The molecular weight excluding hydrogens is 228 g/mol. The molecule has 0 saturated carbocycles. The zero-order chi connectivity index (χ0) is 13.8. The monoisotopic (exact) mass is 256 g/mol. The van der Waals surface area contributed by atoms with Crippen LogP contribution in [0.15, 0.2) is 0 Å². The lowest BCUT2D eigenvalue weighted by Gasteiger charge is -2.35. The van der Waals surface area contributed by atoms with Crippen molar-refractivity contribution in [3.8, 4) is 0 Å². The van der Waals surface area contributed by atoms with Crippen molar-refractivity contribution in [2.75, 3.05) is 19.8 Å². The molecule has 0 spiro atoms. The molecular formula is C14H28N2O2. The van der Waals surface area contributed by atoms with E-state index in [0.29, 0.717) is 13.2 Å². The van der Waals surface area contributed by atoms with Gasteiger partial charge < -0.3 is 15.4 Å². The third-order valence-electron chi connectivity index (χ3n) is 3.89. The van der Waals surface area contributed by atoms with Gasteiger partial charge in [0, 0.05) is 18.6 Å². The average Bonchev–Trinajstić information content (AvgIpc) is 2.65. The molecule has 0 aromatic rings. The summed E-state index contributed by atoms with van der Waals surface area (Å²) in [6.07, 6.45) is 3.39. The Morgan fingerprint density at radius 3 is 2.61 bits per heavy atom. The van der Waals surface area contributed by atoms with Gasteiger partial charge in [0.15, 0.2) is 0 Å². The van der Waals surface area contributed by atoms with Crippen LogP contribution in [0.25, 0.3) is 0 Å². The lowest BCUT2D eigenvalue weighted by atomic mass is 9.83. The molecule has 0 radical (unpaired) electrons. The van der Waals surface area contributed by atoms with Crippen molar-refractivity contribution in [3.05, 3.63) is 0 Å². The molecule has 1 aliphatic heterocycles. The molecule has 2 N–H and O–H groups in total. The molecule has 1 saturated heterocycles. The molecule has 2 unspecified atom stereocenters. The first kappa shape index (κ1) is 15.4.